The number of rotatable bonds is 2. The number of ether oxygens (including phenoxy) is 2. The molecule has 0 saturated heterocycles. The van der Waals surface area contributed by atoms with Crippen LogP contribution in [0.1, 0.15) is 31.3 Å². The predicted octanol–water partition coefficient (Wildman–Crippen LogP) is 2.18. The largest absolute Gasteiger partial charge is 0.464 e. The summed E-state index contributed by atoms with van der Waals surface area (Å²) in [6.07, 6.45) is 1.16. The molecule has 0 N–H and O–H groups in total. The number of aryl methyl sites for hydroxylation is 1. The highest BCUT2D eigenvalue weighted by Crippen LogP contribution is 2.23. The molecular weight excluding hydrogens is 248 g/mol. The molecular formula is C13H20N2O4. The molecule has 1 rings (SSSR count). The van der Waals surface area contributed by atoms with E-state index in [2.05, 4.69) is 0 Å². The van der Waals surface area contributed by atoms with Crippen LogP contribution in [0.2, 0.25) is 0 Å². The van der Waals surface area contributed by atoms with Crippen molar-refractivity contribution < 1.29 is 19.1 Å². The number of carbonyl (C=O) groups excluding carboxylic acids is 2. The zero-order valence-electron chi connectivity index (χ0n) is 12.2. The zero-order chi connectivity index (χ0) is 14.8. The molecule has 0 saturated carbocycles. The molecule has 1 heterocycles. The third-order valence-corrected chi connectivity index (χ3v) is 2.46. The van der Waals surface area contributed by atoms with Gasteiger partial charge in [0.05, 0.1) is 12.8 Å². The number of nitrogens with zero attached hydrogens (tertiary/aromatic N) is 2. The lowest BCUT2D eigenvalue weighted by Crippen LogP contribution is -2.34. The smallest absolute Gasteiger partial charge is 0.414 e. The Morgan fingerprint density at radius 3 is 2.37 bits per heavy atom. The average Bonchev–Trinajstić information content (AvgIpc) is 2.66. The van der Waals surface area contributed by atoms with Gasteiger partial charge in [-0.2, -0.15) is 0 Å². The fraction of sp³-hybridized carbons (Fsp3) is 0.538. The van der Waals surface area contributed by atoms with Gasteiger partial charge in [0.1, 0.15) is 5.60 Å². The van der Waals surface area contributed by atoms with Crippen LogP contribution >= 0.6 is 0 Å². The molecule has 0 unspecified atom stereocenters. The van der Waals surface area contributed by atoms with E-state index in [1.54, 1.807) is 51.7 Å². The van der Waals surface area contributed by atoms with Crippen LogP contribution in [0.4, 0.5) is 10.5 Å². The van der Waals surface area contributed by atoms with Crippen molar-refractivity contribution >= 4 is 17.7 Å². The summed E-state index contributed by atoms with van der Waals surface area (Å²) < 4.78 is 11.6. The van der Waals surface area contributed by atoms with Crippen molar-refractivity contribution in [3.63, 3.8) is 0 Å². The Labute approximate surface area is 112 Å². The number of hydrogen-bond acceptors (Lipinski definition) is 4. The third kappa shape index (κ3) is 3.49. The number of aromatic nitrogens is 1. The molecule has 19 heavy (non-hydrogen) atoms. The molecule has 0 aliphatic carbocycles. The average molecular weight is 268 g/mol. The summed E-state index contributed by atoms with van der Waals surface area (Å²) in [7, 11) is 4.56. The fourth-order valence-electron chi connectivity index (χ4n) is 1.56. The summed E-state index contributed by atoms with van der Waals surface area (Å²) in [4.78, 5) is 25.0. The first-order valence-corrected chi connectivity index (χ1v) is 5.87. The Morgan fingerprint density at radius 2 is 1.89 bits per heavy atom. The molecule has 0 spiro atoms. The molecule has 0 aromatic carbocycles. The second-order valence-corrected chi connectivity index (χ2v) is 5.19. The Hall–Kier alpha value is -1.98. The van der Waals surface area contributed by atoms with E-state index in [4.69, 9.17) is 9.47 Å². The topological polar surface area (TPSA) is 60.8 Å². The van der Waals surface area contributed by atoms with Crippen LogP contribution in [-0.4, -0.2) is 36.4 Å². The minimum Gasteiger partial charge on any atom is -0.464 e. The normalized spacial score (nSPS) is 11.1. The molecule has 1 amide bonds. The SMILES string of the molecule is COC(=O)c1c(N(C)C(=O)OC(C)(C)C)ccn1C. The van der Waals surface area contributed by atoms with Gasteiger partial charge >= 0.3 is 12.1 Å². The van der Waals surface area contributed by atoms with E-state index in [9.17, 15) is 9.59 Å². The minimum absolute atomic E-state index is 0.302. The van der Waals surface area contributed by atoms with Crippen LogP contribution in [0.15, 0.2) is 12.3 Å². The van der Waals surface area contributed by atoms with Gasteiger partial charge in [-0.1, -0.05) is 0 Å². The molecule has 0 atom stereocenters. The van der Waals surface area contributed by atoms with Crippen LogP contribution in [0, 0.1) is 0 Å². The highest BCUT2D eigenvalue weighted by molar-refractivity contribution is 5.99. The number of anilines is 1. The maximum atomic E-state index is 12.0. The minimum atomic E-state index is -0.592. The maximum Gasteiger partial charge on any atom is 0.414 e. The molecule has 6 heteroatoms. The lowest BCUT2D eigenvalue weighted by molar-refractivity contribution is 0.0584. The van der Waals surface area contributed by atoms with Gasteiger partial charge in [-0.3, -0.25) is 4.90 Å². The first-order valence-electron chi connectivity index (χ1n) is 5.87. The molecule has 0 bridgehead atoms. The zero-order valence-corrected chi connectivity index (χ0v) is 12.2. The van der Waals surface area contributed by atoms with Crippen molar-refractivity contribution in [3.8, 4) is 0 Å². The van der Waals surface area contributed by atoms with Crippen LogP contribution in [-0.2, 0) is 16.5 Å². The van der Waals surface area contributed by atoms with E-state index in [0.717, 1.165) is 0 Å². The maximum absolute atomic E-state index is 12.0. The lowest BCUT2D eigenvalue weighted by atomic mass is 10.2. The van der Waals surface area contributed by atoms with Gasteiger partial charge in [-0.05, 0) is 26.8 Å². The van der Waals surface area contributed by atoms with Crippen molar-refractivity contribution in [1.29, 1.82) is 0 Å². The summed E-state index contributed by atoms with van der Waals surface area (Å²) in [5.74, 6) is -0.502. The molecule has 6 nitrogen and oxygen atoms in total. The summed E-state index contributed by atoms with van der Waals surface area (Å²) in [6.45, 7) is 5.35. The number of carbonyl (C=O) groups is 2. The lowest BCUT2D eigenvalue weighted by Gasteiger charge is -2.24. The second-order valence-electron chi connectivity index (χ2n) is 5.19. The fourth-order valence-corrected chi connectivity index (χ4v) is 1.56. The molecule has 1 aromatic rings. The molecule has 1 aromatic heterocycles. The van der Waals surface area contributed by atoms with Crippen molar-refractivity contribution in [2.45, 2.75) is 26.4 Å². The molecule has 0 aliphatic heterocycles. The first-order chi connectivity index (χ1) is 8.67. The van der Waals surface area contributed by atoms with Gasteiger partial charge < -0.3 is 14.0 Å². The van der Waals surface area contributed by atoms with Crippen molar-refractivity contribution in [3.05, 3.63) is 18.0 Å². The standard InChI is InChI=1S/C13H20N2O4/c1-13(2,3)19-12(17)15(5)9-7-8-14(4)10(9)11(16)18-6/h7-8H,1-6H3. The Morgan fingerprint density at radius 1 is 1.32 bits per heavy atom. The van der Waals surface area contributed by atoms with Gasteiger partial charge in [0, 0.05) is 20.3 Å². The van der Waals surface area contributed by atoms with Gasteiger partial charge in [-0.25, -0.2) is 9.59 Å². The summed E-state index contributed by atoms with van der Waals surface area (Å²) in [5.41, 5.74) is 0.158. The predicted molar refractivity (Wildman–Crippen MR) is 71.4 cm³/mol. The summed E-state index contributed by atoms with van der Waals surface area (Å²) in [6, 6.07) is 1.66. The van der Waals surface area contributed by atoms with E-state index < -0.39 is 17.7 Å². The quantitative estimate of drug-likeness (QED) is 0.771. The number of hydrogen-bond donors (Lipinski definition) is 0. The molecule has 106 valence electrons. The monoisotopic (exact) mass is 268 g/mol. The van der Waals surface area contributed by atoms with Gasteiger partial charge in [-0.15, -0.1) is 0 Å². The molecule has 0 radical (unpaired) electrons. The summed E-state index contributed by atoms with van der Waals surface area (Å²) >= 11 is 0. The van der Waals surface area contributed by atoms with E-state index in [1.165, 1.54) is 12.0 Å². The van der Waals surface area contributed by atoms with E-state index >= 15 is 0 Å². The number of amides is 1. The summed E-state index contributed by atoms with van der Waals surface area (Å²) in [5, 5.41) is 0. The Balaban J connectivity index is 3.04. The van der Waals surface area contributed by atoms with Crippen LogP contribution in [0.5, 0.6) is 0 Å². The van der Waals surface area contributed by atoms with Crippen LogP contribution in [0.3, 0.4) is 0 Å². The molecule has 0 fully saturated rings. The number of methoxy groups -OCH3 is 1. The van der Waals surface area contributed by atoms with E-state index in [1.807, 2.05) is 0 Å². The van der Waals surface area contributed by atoms with Gasteiger partial charge in [0.25, 0.3) is 0 Å². The van der Waals surface area contributed by atoms with Crippen molar-refractivity contribution in [1.82, 2.24) is 4.57 Å². The van der Waals surface area contributed by atoms with Crippen LogP contribution in [0.25, 0.3) is 0 Å². The second kappa shape index (κ2) is 5.34. The van der Waals surface area contributed by atoms with Gasteiger partial charge in [0.2, 0.25) is 0 Å². The van der Waals surface area contributed by atoms with Gasteiger partial charge in [0.15, 0.2) is 5.69 Å². The Bertz CT molecular complexity index is 485. The van der Waals surface area contributed by atoms with E-state index in [0.29, 0.717) is 11.4 Å². The number of esters is 1. The van der Waals surface area contributed by atoms with Crippen LogP contribution < -0.4 is 4.90 Å². The highest BCUT2D eigenvalue weighted by atomic mass is 16.6. The first kappa shape index (κ1) is 15.1. The highest BCUT2D eigenvalue weighted by Gasteiger charge is 2.26. The Kier molecular flexibility index (Phi) is 4.24. The van der Waals surface area contributed by atoms with Crippen molar-refractivity contribution in [2.75, 3.05) is 19.1 Å². The van der Waals surface area contributed by atoms with E-state index in [-0.39, 0.29) is 0 Å². The third-order valence-electron chi connectivity index (χ3n) is 2.46. The van der Waals surface area contributed by atoms with Crippen molar-refractivity contribution in [2.24, 2.45) is 7.05 Å². The molecule has 0 aliphatic rings.